The van der Waals surface area contributed by atoms with Crippen molar-refractivity contribution < 1.29 is 47.4 Å². The SMILES string of the molecule is C=COCCOCCOCCOCCOCCOCCOCCOCCOCCOCCNC. The second kappa shape index (κ2) is 32.1. The number of ether oxygens (including phenoxy) is 10. The minimum atomic E-state index is 0.507. The van der Waals surface area contributed by atoms with Gasteiger partial charge in [-0.25, -0.2) is 0 Å². The molecular formula is C23H47NO10. The molecule has 11 heteroatoms. The molecule has 0 aliphatic heterocycles. The lowest BCUT2D eigenvalue weighted by atomic mass is 10.6. The molecular weight excluding hydrogens is 450 g/mol. The van der Waals surface area contributed by atoms with Gasteiger partial charge in [0.25, 0.3) is 0 Å². The van der Waals surface area contributed by atoms with Gasteiger partial charge in [0.05, 0.1) is 125 Å². The molecule has 0 aliphatic carbocycles. The molecule has 204 valence electrons. The van der Waals surface area contributed by atoms with Crippen molar-refractivity contribution in [2.24, 2.45) is 0 Å². The fourth-order valence-electron chi connectivity index (χ4n) is 2.23. The highest BCUT2D eigenvalue weighted by Crippen LogP contribution is 1.86. The Hall–Kier alpha value is -0.860. The smallest absolute Gasteiger partial charge is 0.111 e. The van der Waals surface area contributed by atoms with Gasteiger partial charge in [-0.1, -0.05) is 6.58 Å². The monoisotopic (exact) mass is 497 g/mol. The molecule has 11 nitrogen and oxygen atoms in total. The molecule has 0 atom stereocenters. The van der Waals surface area contributed by atoms with Crippen molar-refractivity contribution >= 4 is 0 Å². The quantitative estimate of drug-likeness (QED) is 0.107. The maximum Gasteiger partial charge on any atom is 0.111 e. The van der Waals surface area contributed by atoms with Crippen molar-refractivity contribution in [3.8, 4) is 0 Å². The van der Waals surface area contributed by atoms with Crippen molar-refractivity contribution in [1.82, 2.24) is 5.32 Å². The van der Waals surface area contributed by atoms with Gasteiger partial charge < -0.3 is 52.7 Å². The Bertz CT molecular complexity index is 380. The highest BCUT2D eigenvalue weighted by Gasteiger charge is 1.95. The van der Waals surface area contributed by atoms with Crippen LogP contribution in [0.1, 0.15) is 0 Å². The van der Waals surface area contributed by atoms with Crippen LogP contribution < -0.4 is 5.32 Å². The topological polar surface area (TPSA) is 104 Å². The van der Waals surface area contributed by atoms with Crippen LogP contribution >= 0.6 is 0 Å². The summed E-state index contributed by atoms with van der Waals surface area (Å²) in [6, 6.07) is 0. The van der Waals surface area contributed by atoms with Crippen LogP contribution in [0.3, 0.4) is 0 Å². The lowest BCUT2D eigenvalue weighted by Gasteiger charge is -2.09. The molecule has 0 radical (unpaired) electrons. The largest absolute Gasteiger partial charge is 0.499 e. The summed E-state index contributed by atoms with van der Waals surface area (Å²) in [5.41, 5.74) is 0. The van der Waals surface area contributed by atoms with Crippen LogP contribution in [0.15, 0.2) is 12.8 Å². The molecule has 0 saturated heterocycles. The number of rotatable bonds is 31. The summed E-state index contributed by atoms with van der Waals surface area (Å²) in [4.78, 5) is 0. The second-order valence-corrected chi connectivity index (χ2v) is 6.65. The van der Waals surface area contributed by atoms with Gasteiger partial charge in [-0.2, -0.15) is 0 Å². The predicted molar refractivity (Wildman–Crippen MR) is 127 cm³/mol. The summed E-state index contributed by atoms with van der Waals surface area (Å²) in [5.74, 6) is 0. The Morgan fingerprint density at radius 1 is 0.412 bits per heavy atom. The zero-order valence-electron chi connectivity index (χ0n) is 21.0. The Kier molecular flexibility index (Phi) is 31.3. The summed E-state index contributed by atoms with van der Waals surface area (Å²) in [6.45, 7) is 14.7. The Balaban J connectivity index is 3.00. The molecule has 0 aliphatic rings. The van der Waals surface area contributed by atoms with Gasteiger partial charge in [0.2, 0.25) is 0 Å². The molecule has 0 aromatic rings. The fraction of sp³-hybridized carbons (Fsp3) is 0.913. The normalized spacial score (nSPS) is 11.2. The van der Waals surface area contributed by atoms with Gasteiger partial charge in [-0.15, -0.1) is 0 Å². The zero-order chi connectivity index (χ0) is 24.6. The minimum absolute atomic E-state index is 0.507. The van der Waals surface area contributed by atoms with E-state index in [0.717, 1.165) is 6.54 Å². The van der Waals surface area contributed by atoms with E-state index in [1.807, 2.05) is 7.05 Å². The summed E-state index contributed by atoms with van der Waals surface area (Å²) < 4.78 is 53.5. The van der Waals surface area contributed by atoms with Crippen LogP contribution in [0.5, 0.6) is 0 Å². The van der Waals surface area contributed by atoms with E-state index in [1.165, 1.54) is 6.26 Å². The third-order valence-corrected chi connectivity index (χ3v) is 3.94. The van der Waals surface area contributed by atoms with E-state index in [4.69, 9.17) is 47.4 Å². The van der Waals surface area contributed by atoms with Crippen molar-refractivity contribution in [1.29, 1.82) is 0 Å². The van der Waals surface area contributed by atoms with Crippen LogP contribution in [-0.2, 0) is 47.4 Å². The van der Waals surface area contributed by atoms with E-state index in [-0.39, 0.29) is 0 Å². The number of hydrogen-bond acceptors (Lipinski definition) is 11. The van der Waals surface area contributed by atoms with Crippen molar-refractivity contribution in [2.75, 3.05) is 139 Å². The van der Waals surface area contributed by atoms with Crippen LogP contribution in [0.25, 0.3) is 0 Å². The van der Waals surface area contributed by atoms with Crippen LogP contribution in [-0.4, -0.2) is 139 Å². The molecule has 0 aromatic carbocycles. The summed E-state index contributed by atoms with van der Waals surface area (Å²) >= 11 is 0. The van der Waals surface area contributed by atoms with Gasteiger partial charge in [0, 0.05) is 6.54 Å². The molecule has 1 N–H and O–H groups in total. The third-order valence-electron chi connectivity index (χ3n) is 3.94. The minimum Gasteiger partial charge on any atom is -0.499 e. The zero-order valence-corrected chi connectivity index (χ0v) is 21.0. The Morgan fingerprint density at radius 2 is 0.647 bits per heavy atom. The molecule has 0 fully saturated rings. The Labute approximate surface area is 205 Å². The van der Waals surface area contributed by atoms with Crippen LogP contribution in [0, 0.1) is 0 Å². The molecule has 0 saturated carbocycles. The molecule has 0 aromatic heterocycles. The lowest BCUT2D eigenvalue weighted by Crippen LogP contribution is -2.17. The average molecular weight is 498 g/mol. The number of hydrogen-bond donors (Lipinski definition) is 1. The van der Waals surface area contributed by atoms with E-state index in [9.17, 15) is 0 Å². The lowest BCUT2D eigenvalue weighted by molar-refractivity contribution is -0.0255. The second-order valence-electron chi connectivity index (χ2n) is 6.65. The number of nitrogens with one attached hydrogen (secondary N) is 1. The first-order chi connectivity index (χ1) is 16.9. The van der Waals surface area contributed by atoms with Gasteiger partial charge >= 0.3 is 0 Å². The van der Waals surface area contributed by atoms with Gasteiger partial charge in [0.15, 0.2) is 0 Å². The fourth-order valence-corrected chi connectivity index (χ4v) is 2.23. The van der Waals surface area contributed by atoms with Gasteiger partial charge in [-0.05, 0) is 7.05 Å². The summed E-state index contributed by atoms with van der Waals surface area (Å²) in [6.07, 6.45) is 1.40. The summed E-state index contributed by atoms with van der Waals surface area (Å²) in [5, 5.41) is 3.02. The van der Waals surface area contributed by atoms with E-state index in [2.05, 4.69) is 11.9 Å². The molecule has 0 heterocycles. The molecule has 34 heavy (non-hydrogen) atoms. The molecule has 0 amide bonds. The molecule has 0 spiro atoms. The van der Waals surface area contributed by atoms with Crippen molar-refractivity contribution in [2.45, 2.75) is 0 Å². The maximum absolute atomic E-state index is 5.44. The van der Waals surface area contributed by atoms with Crippen LogP contribution in [0.2, 0.25) is 0 Å². The van der Waals surface area contributed by atoms with Crippen molar-refractivity contribution in [3.63, 3.8) is 0 Å². The highest BCUT2D eigenvalue weighted by atomic mass is 16.6. The first kappa shape index (κ1) is 33.1. The third kappa shape index (κ3) is 31.1. The van der Waals surface area contributed by atoms with E-state index >= 15 is 0 Å². The summed E-state index contributed by atoms with van der Waals surface area (Å²) in [7, 11) is 1.90. The van der Waals surface area contributed by atoms with E-state index in [1.54, 1.807) is 0 Å². The molecule has 0 unspecified atom stereocenters. The molecule has 0 rings (SSSR count). The van der Waals surface area contributed by atoms with Crippen molar-refractivity contribution in [3.05, 3.63) is 12.8 Å². The first-order valence-electron chi connectivity index (χ1n) is 12.0. The van der Waals surface area contributed by atoms with Gasteiger partial charge in [-0.3, -0.25) is 0 Å². The maximum atomic E-state index is 5.44. The average Bonchev–Trinajstić information content (AvgIpc) is 2.85. The highest BCUT2D eigenvalue weighted by molar-refractivity contribution is 4.47. The van der Waals surface area contributed by atoms with E-state index < -0.39 is 0 Å². The molecule has 0 bridgehead atoms. The van der Waals surface area contributed by atoms with Gasteiger partial charge in [0.1, 0.15) is 6.61 Å². The number of likely N-dealkylation sites (N-methyl/N-ethyl adjacent to an activating group) is 1. The van der Waals surface area contributed by atoms with Crippen LogP contribution in [0.4, 0.5) is 0 Å². The van der Waals surface area contributed by atoms with E-state index in [0.29, 0.717) is 126 Å². The Morgan fingerprint density at radius 3 is 0.882 bits per heavy atom. The first-order valence-corrected chi connectivity index (χ1v) is 12.0. The standard InChI is InChI=1S/C23H47NO10/c1-3-25-6-7-27-10-11-29-14-15-31-18-19-33-22-23-34-21-20-32-17-16-30-13-12-28-9-8-26-5-4-24-2/h3,24H,1,4-23H2,2H3. The predicted octanol–water partition coefficient (Wildman–Crippen LogP) is 0.515.